The SMILES string of the molecule is C=CC1CC1(NC(=O)[C@@H]1C[C@@H](NC(=O)OCC2c3ccccc3-c3ccccc32)CN1)C(=O)OCC. The van der Waals surface area contributed by atoms with Gasteiger partial charge in [0.15, 0.2) is 0 Å². The first-order valence-electron chi connectivity index (χ1n) is 12.4. The number of alkyl carbamates (subject to hydrolysis) is 1. The number of carbonyl (C=O) groups excluding carboxylic acids is 3. The zero-order valence-electron chi connectivity index (χ0n) is 20.3. The van der Waals surface area contributed by atoms with Gasteiger partial charge in [-0.2, -0.15) is 0 Å². The number of esters is 1. The summed E-state index contributed by atoms with van der Waals surface area (Å²) in [5.74, 6) is -0.880. The minimum atomic E-state index is -1.03. The molecule has 188 valence electrons. The van der Waals surface area contributed by atoms with Crippen LogP contribution in [0, 0.1) is 5.92 Å². The Bertz CT molecular complexity index is 1150. The fraction of sp³-hybridized carbons (Fsp3) is 0.393. The van der Waals surface area contributed by atoms with Crippen LogP contribution in [0.25, 0.3) is 11.1 Å². The van der Waals surface area contributed by atoms with Gasteiger partial charge in [0.2, 0.25) is 5.91 Å². The van der Waals surface area contributed by atoms with Gasteiger partial charge < -0.3 is 25.4 Å². The van der Waals surface area contributed by atoms with Crippen molar-refractivity contribution in [2.75, 3.05) is 19.8 Å². The van der Waals surface area contributed by atoms with E-state index in [4.69, 9.17) is 9.47 Å². The summed E-state index contributed by atoms with van der Waals surface area (Å²) >= 11 is 0. The summed E-state index contributed by atoms with van der Waals surface area (Å²) in [7, 11) is 0. The van der Waals surface area contributed by atoms with Crippen molar-refractivity contribution in [3.8, 4) is 11.1 Å². The van der Waals surface area contributed by atoms with Gasteiger partial charge in [0.1, 0.15) is 12.1 Å². The Morgan fingerprint density at radius 2 is 1.75 bits per heavy atom. The van der Waals surface area contributed by atoms with Crippen LogP contribution in [0.5, 0.6) is 0 Å². The molecule has 0 bridgehead atoms. The van der Waals surface area contributed by atoms with Gasteiger partial charge >= 0.3 is 12.1 Å². The first-order valence-corrected chi connectivity index (χ1v) is 12.4. The largest absolute Gasteiger partial charge is 0.464 e. The lowest BCUT2D eigenvalue weighted by molar-refractivity contribution is -0.149. The molecule has 0 radical (unpaired) electrons. The molecule has 5 rings (SSSR count). The number of nitrogens with one attached hydrogen (secondary N) is 3. The van der Waals surface area contributed by atoms with Crippen molar-refractivity contribution < 1.29 is 23.9 Å². The molecule has 1 saturated heterocycles. The van der Waals surface area contributed by atoms with E-state index in [-0.39, 0.29) is 37.0 Å². The number of fused-ring (bicyclic) bond motifs is 3. The maximum absolute atomic E-state index is 12.9. The van der Waals surface area contributed by atoms with Crippen LogP contribution in [0.2, 0.25) is 0 Å². The van der Waals surface area contributed by atoms with Gasteiger partial charge in [0, 0.05) is 24.4 Å². The molecule has 4 atom stereocenters. The van der Waals surface area contributed by atoms with E-state index >= 15 is 0 Å². The lowest BCUT2D eigenvalue weighted by Gasteiger charge is -2.20. The number of amides is 2. The first kappa shape index (κ1) is 24.1. The van der Waals surface area contributed by atoms with E-state index in [1.165, 1.54) is 11.1 Å². The summed E-state index contributed by atoms with van der Waals surface area (Å²) < 4.78 is 10.8. The average molecular weight is 490 g/mol. The van der Waals surface area contributed by atoms with E-state index < -0.39 is 23.6 Å². The summed E-state index contributed by atoms with van der Waals surface area (Å²) in [6.45, 7) is 6.38. The van der Waals surface area contributed by atoms with Gasteiger partial charge in [-0.3, -0.25) is 4.79 Å². The molecule has 8 nitrogen and oxygen atoms in total. The van der Waals surface area contributed by atoms with Crippen molar-refractivity contribution in [2.24, 2.45) is 5.92 Å². The summed E-state index contributed by atoms with van der Waals surface area (Å²) in [4.78, 5) is 37.9. The number of carbonyl (C=O) groups is 3. The summed E-state index contributed by atoms with van der Waals surface area (Å²) in [5, 5.41) is 8.85. The molecule has 2 aliphatic carbocycles. The molecule has 2 unspecified atom stereocenters. The highest BCUT2D eigenvalue weighted by molar-refractivity contribution is 5.93. The van der Waals surface area contributed by atoms with Crippen molar-refractivity contribution in [3.05, 3.63) is 72.3 Å². The highest BCUT2D eigenvalue weighted by Gasteiger charge is 2.61. The van der Waals surface area contributed by atoms with Crippen molar-refractivity contribution >= 4 is 18.0 Å². The summed E-state index contributed by atoms with van der Waals surface area (Å²) in [6, 6.07) is 15.6. The van der Waals surface area contributed by atoms with E-state index in [2.05, 4.69) is 46.8 Å². The Morgan fingerprint density at radius 1 is 1.08 bits per heavy atom. The second-order valence-corrected chi connectivity index (χ2v) is 9.59. The number of benzene rings is 2. The molecule has 3 aliphatic rings. The van der Waals surface area contributed by atoms with Gasteiger partial charge in [-0.1, -0.05) is 54.6 Å². The Kier molecular flexibility index (Phi) is 6.53. The third-order valence-electron chi connectivity index (χ3n) is 7.40. The lowest BCUT2D eigenvalue weighted by Crippen LogP contribution is -2.51. The van der Waals surface area contributed by atoms with E-state index in [9.17, 15) is 14.4 Å². The molecule has 0 spiro atoms. The molecule has 36 heavy (non-hydrogen) atoms. The Hall–Kier alpha value is -3.65. The summed E-state index contributed by atoms with van der Waals surface area (Å²) in [5.41, 5.74) is 3.62. The highest BCUT2D eigenvalue weighted by atomic mass is 16.5. The van der Waals surface area contributed by atoms with Gasteiger partial charge in [-0.25, -0.2) is 9.59 Å². The van der Waals surface area contributed by atoms with Crippen LogP contribution in [-0.4, -0.2) is 55.4 Å². The van der Waals surface area contributed by atoms with Crippen LogP contribution in [0.3, 0.4) is 0 Å². The molecule has 1 aliphatic heterocycles. The van der Waals surface area contributed by atoms with Gasteiger partial charge in [-0.15, -0.1) is 6.58 Å². The third-order valence-corrected chi connectivity index (χ3v) is 7.40. The molecule has 8 heteroatoms. The van der Waals surface area contributed by atoms with Crippen LogP contribution in [0.1, 0.15) is 36.8 Å². The predicted molar refractivity (Wildman–Crippen MR) is 134 cm³/mol. The zero-order chi connectivity index (χ0) is 25.3. The third kappa shape index (κ3) is 4.37. The molecule has 3 N–H and O–H groups in total. The second kappa shape index (κ2) is 9.78. The first-order chi connectivity index (χ1) is 17.5. The number of hydrogen-bond donors (Lipinski definition) is 3. The van der Waals surface area contributed by atoms with Gasteiger partial charge in [0.25, 0.3) is 0 Å². The minimum Gasteiger partial charge on any atom is -0.464 e. The fourth-order valence-corrected chi connectivity index (χ4v) is 5.42. The van der Waals surface area contributed by atoms with Crippen LogP contribution in [-0.2, 0) is 19.1 Å². The monoisotopic (exact) mass is 489 g/mol. The molecular weight excluding hydrogens is 458 g/mol. The standard InChI is InChI=1S/C28H31N3O5/c1-3-17-14-28(17,26(33)35-4-2)31-25(32)24-13-18(15-29-24)30-27(34)36-16-23-21-11-7-5-9-19(21)20-10-6-8-12-22(20)23/h3,5-12,17-18,23-24,29H,1,4,13-16H2,2H3,(H,30,34)(H,31,32)/t17?,18-,24+,28?/m1/s1. The normalized spacial score (nSPS) is 25.9. The number of hydrogen-bond acceptors (Lipinski definition) is 6. The highest BCUT2D eigenvalue weighted by Crippen LogP contribution is 2.46. The second-order valence-electron chi connectivity index (χ2n) is 9.59. The lowest BCUT2D eigenvalue weighted by atomic mass is 9.98. The topological polar surface area (TPSA) is 106 Å². The van der Waals surface area contributed by atoms with E-state index in [0.29, 0.717) is 19.4 Å². The smallest absolute Gasteiger partial charge is 0.407 e. The summed E-state index contributed by atoms with van der Waals surface area (Å²) in [6.07, 6.45) is 2.03. The van der Waals surface area contributed by atoms with Gasteiger partial charge in [-0.05, 0) is 42.0 Å². The molecular formula is C28H31N3O5. The Morgan fingerprint density at radius 3 is 2.36 bits per heavy atom. The van der Waals surface area contributed by atoms with Gasteiger partial charge in [0.05, 0.1) is 12.6 Å². The molecule has 2 aromatic carbocycles. The number of ether oxygens (including phenoxy) is 2. The van der Waals surface area contributed by atoms with Crippen LogP contribution in [0.4, 0.5) is 4.79 Å². The van der Waals surface area contributed by atoms with E-state index in [1.54, 1.807) is 13.0 Å². The van der Waals surface area contributed by atoms with Crippen LogP contribution < -0.4 is 16.0 Å². The minimum absolute atomic E-state index is 0.0150. The van der Waals surface area contributed by atoms with Crippen LogP contribution >= 0.6 is 0 Å². The van der Waals surface area contributed by atoms with Crippen molar-refractivity contribution in [3.63, 3.8) is 0 Å². The molecule has 0 aromatic heterocycles. The molecule has 2 fully saturated rings. The average Bonchev–Trinajstić information content (AvgIpc) is 3.24. The molecule has 1 saturated carbocycles. The van der Waals surface area contributed by atoms with Crippen LogP contribution in [0.15, 0.2) is 61.2 Å². The quantitative estimate of drug-likeness (QED) is 0.389. The molecule has 2 amide bonds. The van der Waals surface area contributed by atoms with E-state index in [1.807, 2.05) is 24.3 Å². The zero-order valence-corrected chi connectivity index (χ0v) is 20.3. The van der Waals surface area contributed by atoms with E-state index in [0.717, 1.165) is 11.1 Å². The fourth-order valence-electron chi connectivity index (χ4n) is 5.42. The van der Waals surface area contributed by atoms with Crippen molar-refractivity contribution in [2.45, 2.75) is 43.3 Å². The Labute approximate surface area is 210 Å². The molecule has 1 heterocycles. The maximum atomic E-state index is 12.9. The van der Waals surface area contributed by atoms with Crippen molar-refractivity contribution in [1.29, 1.82) is 0 Å². The Balaban J connectivity index is 1.14. The maximum Gasteiger partial charge on any atom is 0.407 e. The van der Waals surface area contributed by atoms with Crippen molar-refractivity contribution in [1.82, 2.24) is 16.0 Å². The number of rotatable bonds is 8. The predicted octanol–water partition coefficient (Wildman–Crippen LogP) is 2.88. The molecule has 2 aromatic rings.